The predicted molar refractivity (Wildman–Crippen MR) is 152 cm³/mol. The summed E-state index contributed by atoms with van der Waals surface area (Å²) in [6, 6.07) is 21.3. The molecule has 3 aromatic rings. The minimum absolute atomic E-state index is 0.00673. The fraction of sp³-hybridized carbons (Fsp3) is 0.300. The van der Waals surface area contributed by atoms with Crippen LogP contribution in [0.3, 0.4) is 0 Å². The molecule has 2 amide bonds. The fourth-order valence-corrected chi connectivity index (χ4v) is 4.41. The van der Waals surface area contributed by atoms with Gasteiger partial charge >= 0.3 is 0 Å². The molecular formula is C30H35N3O3Si. The van der Waals surface area contributed by atoms with Crippen molar-refractivity contribution in [2.24, 2.45) is 0 Å². The SMILES string of the molecule is CC(C)c1ccc(C(=O)Nc2cc(O[Si](C)(C)C(C)(C)C)ccc2NC(=O)c2cccc(C#N)c2)cc1. The second-order valence-electron chi connectivity index (χ2n) is 10.9. The number of rotatable bonds is 7. The van der Waals surface area contributed by atoms with Gasteiger partial charge in [0.1, 0.15) is 5.75 Å². The number of amides is 2. The van der Waals surface area contributed by atoms with E-state index in [1.54, 1.807) is 48.5 Å². The highest BCUT2D eigenvalue weighted by molar-refractivity contribution is 6.74. The smallest absolute Gasteiger partial charge is 0.255 e. The third kappa shape index (κ3) is 6.87. The lowest BCUT2D eigenvalue weighted by Gasteiger charge is -2.36. The Kier molecular flexibility index (Phi) is 8.24. The maximum atomic E-state index is 13.2. The number of hydrogen-bond donors (Lipinski definition) is 2. The molecule has 2 N–H and O–H groups in total. The minimum Gasteiger partial charge on any atom is -0.543 e. The van der Waals surface area contributed by atoms with Gasteiger partial charge in [-0.2, -0.15) is 5.26 Å². The molecule has 0 saturated carbocycles. The Bertz CT molecular complexity index is 1330. The summed E-state index contributed by atoms with van der Waals surface area (Å²) in [6.07, 6.45) is 0. The van der Waals surface area contributed by atoms with Crippen LogP contribution in [0.2, 0.25) is 18.1 Å². The molecule has 3 aromatic carbocycles. The molecule has 0 atom stereocenters. The van der Waals surface area contributed by atoms with Gasteiger partial charge in [-0.25, -0.2) is 0 Å². The third-order valence-electron chi connectivity index (χ3n) is 6.76. The van der Waals surface area contributed by atoms with Gasteiger partial charge in [0.2, 0.25) is 8.32 Å². The van der Waals surface area contributed by atoms with Crippen LogP contribution in [0.15, 0.2) is 66.7 Å². The molecule has 0 aliphatic carbocycles. The van der Waals surface area contributed by atoms with E-state index in [2.05, 4.69) is 58.3 Å². The summed E-state index contributed by atoms with van der Waals surface area (Å²) in [4.78, 5) is 26.1. The first kappa shape index (κ1) is 27.7. The summed E-state index contributed by atoms with van der Waals surface area (Å²) in [5.74, 6) is 0.317. The van der Waals surface area contributed by atoms with E-state index in [0.717, 1.165) is 5.56 Å². The standard InChI is InChI=1S/C30H35N3O3Si/c1-20(2)22-11-13-23(14-12-22)28(34)33-27-18-25(36-37(6,7)30(3,4)5)15-16-26(27)32-29(35)24-10-8-9-21(17-24)19-31/h8-18,20H,1-7H3,(H,32,35)(H,33,34). The molecule has 37 heavy (non-hydrogen) atoms. The van der Waals surface area contributed by atoms with Crippen molar-refractivity contribution in [1.82, 2.24) is 0 Å². The lowest BCUT2D eigenvalue weighted by atomic mass is 10.0. The van der Waals surface area contributed by atoms with Gasteiger partial charge in [0.15, 0.2) is 0 Å². The first-order chi connectivity index (χ1) is 17.3. The Balaban J connectivity index is 1.94. The van der Waals surface area contributed by atoms with Crippen LogP contribution in [0.5, 0.6) is 5.75 Å². The number of benzene rings is 3. The molecule has 192 valence electrons. The van der Waals surface area contributed by atoms with Crippen LogP contribution >= 0.6 is 0 Å². The molecule has 7 heteroatoms. The van der Waals surface area contributed by atoms with Gasteiger partial charge in [0.25, 0.3) is 11.8 Å². The average Bonchev–Trinajstić information content (AvgIpc) is 2.84. The van der Waals surface area contributed by atoms with Gasteiger partial charge in [-0.1, -0.05) is 52.8 Å². The summed E-state index contributed by atoms with van der Waals surface area (Å²) in [5, 5.41) is 15.0. The van der Waals surface area contributed by atoms with E-state index >= 15 is 0 Å². The topological polar surface area (TPSA) is 91.2 Å². The number of nitrogens with one attached hydrogen (secondary N) is 2. The summed E-state index contributed by atoms with van der Waals surface area (Å²) >= 11 is 0. The number of nitrogens with zero attached hydrogens (tertiary/aromatic N) is 1. The van der Waals surface area contributed by atoms with Gasteiger partial charge in [-0.15, -0.1) is 0 Å². The van der Waals surface area contributed by atoms with Gasteiger partial charge in [0.05, 0.1) is 23.0 Å². The molecule has 0 unspecified atom stereocenters. The van der Waals surface area contributed by atoms with E-state index in [1.807, 2.05) is 18.2 Å². The maximum Gasteiger partial charge on any atom is 0.255 e. The summed E-state index contributed by atoms with van der Waals surface area (Å²) in [6.45, 7) is 15.0. The number of nitriles is 1. The molecule has 3 rings (SSSR count). The van der Waals surface area contributed by atoms with Crippen molar-refractivity contribution in [1.29, 1.82) is 5.26 Å². The minimum atomic E-state index is -2.13. The second-order valence-corrected chi connectivity index (χ2v) is 15.7. The molecule has 0 radical (unpaired) electrons. The molecule has 0 fully saturated rings. The molecule has 0 aromatic heterocycles. The van der Waals surface area contributed by atoms with Gasteiger partial charge < -0.3 is 15.1 Å². The summed E-state index contributed by atoms with van der Waals surface area (Å²) in [5.41, 5.74) is 3.26. The average molecular weight is 514 g/mol. The van der Waals surface area contributed by atoms with Crippen molar-refractivity contribution < 1.29 is 14.0 Å². The number of hydrogen-bond acceptors (Lipinski definition) is 4. The van der Waals surface area contributed by atoms with E-state index in [4.69, 9.17) is 4.43 Å². The van der Waals surface area contributed by atoms with Crippen LogP contribution in [-0.4, -0.2) is 20.1 Å². The molecule has 0 aliphatic rings. The van der Waals surface area contributed by atoms with Crippen molar-refractivity contribution in [3.8, 4) is 11.8 Å². The highest BCUT2D eigenvalue weighted by atomic mass is 28.4. The quantitative estimate of drug-likeness (QED) is 0.319. The van der Waals surface area contributed by atoms with Crippen LogP contribution in [-0.2, 0) is 0 Å². The Morgan fingerprint density at radius 2 is 1.49 bits per heavy atom. The van der Waals surface area contributed by atoms with Crippen LogP contribution in [0.1, 0.15) is 72.4 Å². The second kappa shape index (κ2) is 11.0. The molecule has 0 saturated heterocycles. The first-order valence-corrected chi connectivity index (χ1v) is 15.3. The van der Waals surface area contributed by atoms with Gasteiger partial charge in [-0.05, 0) is 72.1 Å². The van der Waals surface area contributed by atoms with Crippen LogP contribution in [0, 0.1) is 11.3 Å². The van der Waals surface area contributed by atoms with Crippen molar-refractivity contribution in [2.75, 3.05) is 10.6 Å². The zero-order valence-corrected chi connectivity index (χ0v) is 23.6. The molecule has 0 spiro atoms. The zero-order chi connectivity index (χ0) is 27.4. The highest BCUT2D eigenvalue weighted by Gasteiger charge is 2.39. The van der Waals surface area contributed by atoms with Crippen LogP contribution in [0.4, 0.5) is 11.4 Å². The Labute approximate surface area is 220 Å². The molecule has 6 nitrogen and oxygen atoms in total. The predicted octanol–water partition coefficient (Wildman–Crippen LogP) is 7.57. The fourth-order valence-electron chi connectivity index (χ4n) is 3.39. The van der Waals surface area contributed by atoms with E-state index in [9.17, 15) is 14.9 Å². The number of carbonyl (C=O) groups is 2. The molecule has 0 aliphatic heterocycles. The Morgan fingerprint density at radius 3 is 2.08 bits per heavy atom. The molecule has 0 bridgehead atoms. The van der Waals surface area contributed by atoms with Crippen molar-refractivity contribution in [2.45, 2.75) is 58.7 Å². The normalized spacial score (nSPS) is 11.5. The van der Waals surface area contributed by atoms with Crippen molar-refractivity contribution in [3.05, 3.63) is 89.0 Å². The summed E-state index contributed by atoms with van der Waals surface area (Å²) < 4.78 is 6.45. The lowest BCUT2D eigenvalue weighted by Crippen LogP contribution is -2.43. The number of anilines is 2. The maximum absolute atomic E-state index is 13.2. The highest BCUT2D eigenvalue weighted by Crippen LogP contribution is 2.39. The lowest BCUT2D eigenvalue weighted by molar-refractivity contribution is 0.101. The van der Waals surface area contributed by atoms with E-state index < -0.39 is 8.32 Å². The number of carbonyl (C=O) groups excluding carboxylic acids is 2. The largest absolute Gasteiger partial charge is 0.543 e. The van der Waals surface area contributed by atoms with Gasteiger partial charge in [-0.3, -0.25) is 9.59 Å². The first-order valence-electron chi connectivity index (χ1n) is 12.4. The van der Waals surface area contributed by atoms with Crippen LogP contribution < -0.4 is 15.1 Å². The van der Waals surface area contributed by atoms with E-state index in [-0.39, 0.29) is 16.9 Å². The van der Waals surface area contributed by atoms with E-state index in [0.29, 0.717) is 39.7 Å². The summed E-state index contributed by atoms with van der Waals surface area (Å²) in [7, 11) is -2.13. The molecule has 0 heterocycles. The van der Waals surface area contributed by atoms with Crippen molar-refractivity contribution in [3.63, 3.8) is 0 Å². The Morgan fingerprint density at radius 1 is 0.865 bits per heavy atom. The molecular weight excluding hydrogens is 478 g/mol. The monoisotopic (exact) mass is 513 g/mol. The third-order valence-corrected chi connectivity index (χ3v) is 11.1. The van der Waals surface area contributed by atoms with Gasteiger partial charge in [0, 0.05) is 17.2 Å². The zero-order valence-electron chi connectivity index (χ0n) is 22.6. The van der Waals surface area contributed by atoms with Crippen LogP contribution in [0.25, 0.3) is 0 Å². The Hall–Kier alpha value is -3.89. The van der Waals surface area contributed by atoms with E-state index in [1.165, 1.54) is 6.07 Å². The van der Waals surface area contributed by atoms with Crippen molar-refractivity contribution >= 4 is 31.5 Å².